The molecule has 0 radical (unpaired) electrons. The first-order chi connectivity index (χ1) is 12.0. The molecule has 1 aromatic rings. The molecule has 8 heteroatoms. The van der Waals surface area contributed by atoms with Crippen molar-refractivity contribution in [3.63, 3.8) is 0 Å². The van der Waals surface area contributed by atoms with Gasteiger partial charge in [0.25, 0.3) is 11.6 Å². The van der Waals surface area contributed by atoms with Gasteiger partial charge in [0.05, 0.1) is 4.92 Å². The van der Waals surface area contributed by atoms with E-state index in [0.717, 1.165) is 25.7 Å². The fourth-order valence-corrected chi connectivity index (χ4v) is 3.92. The highest BCUT2D eigenvalue weighted by atomic mass is 16.6. The van der Waals surface area contributed by atoms with Gasteiger partial charge in [-0.3, -0.25) is 14.9 Å². The van der Waals surface area contributed by atoms with Crippen molar-refractivity contribution >= 4 is 17.6 Å². The predicted molar refractivity (Wildman–Crippen MR) is 87.2 cm³/mol. The lowest BCUT2D eigenvalue weighted by Gasteiger charge is -2.32. The molecule has 1 N–H and O–H groups in total. The molecule has 1 aliphatic carbocycles. The molecule has 3 atom stereocenters. The van der Waals surface area contributed by atoms with Gasteiger partial charge in [0, 0.05) is 18.2 Å². The van der Waals surface area contributed by atoms with Crippen LogP contribution in [0, 0.1) is 16.0 Å². The molecule has 25 heavy (non-hydrogen) atoms. The monoisotopic (exact) mass is 348 g/mol. The number of carboxylic acid groups (broad SMARTS) is 1. The number of fused-ring (bicyclic) bond motifs is 1. The Morgan fingerprint density at radius 1 is 1.24 bits per heavy atom. The first-order valence-electron chi connectivity index (χ1n) is 8.38. The molecule has 1 aromatic carbocycles. The molecule has 0 aromatic heterocycles. The van der Waals surface area contributed by atoms with Crippen LogP contribution in [-0.2, 0) is 9.59 Å². The Kier molecular flexibility index (Phi) is 4.87. The zero-order valence-corrected chi connectivity index (χ0v) is 13.7. The van der Waals surface area contributed by atoms with Crippen LogP contribution >= 0.6 is 0 Å². The third-order valence-corrected chi connectivity index (χ3v) is 5.07. The van der Waals surface area contributed by atoms with Gasteiger partial charge >= 0.3 is 5.97 Å². The first-order valence-corrected chi connectivity index (χ1v) is 8.38. The van der Waals surface area contributed by atoms with E-state index in [0.29, 0.717) is 12.2 Å². The molecule has 8 nitrogen and oxygen atoms in total. The van der Waals surface area contributed by atoms with E-state index in [1.807, 2.05) is 0 Å². The quantitative estimate of drug-likeness (QED) is 0.645. The Morgan fingerprint density at radius 3 is 2.56 bits per heavy atom. The van der Waals surface area contributed by atoms with Crippen LogP contribution in [0.1, 0.15) is 32.1 Å². The number of aliphatic carboxylic acids is 1. The van der Waals surface area contributed by atoms with Gasteiger partial charge in [-0.15, -0.1) is 0 Å². The molecule has 0 spiro atoms. The summed E-state index contributed by atoms with van der Waals surface area (Å²) >= 11 is 0. The van der Waals surface area contributed by atoms with E-state index in [1.54, 1.807) is 0 Å². The second-order valence-electron chi connectivity index (χ2n) is 6.54. The molecule has 1 saturated carbocycles. The highest BCUT2D eigenvalue weighted by Crippen LogP contribution is 2.39. The van der Waals surface area contributed by atoms with E-state index in [-0.39, 0.29) is 30.2 Å². The fourth-order valence-electron chi connectivity index (χ4n) is 3.92. The lowest BCUT2D eigenvalue weighted by atomic mass is 9.85. The molecule has 0 bridgehead atoms. The van der Waals surface area contributed by atoms with Crippen molar-refractivity contribution in [1.82, 2.24) is 4.90 Å². The Balaban J connectivity index is 1.66. The van der Waals surface area contributed by atoms with Crippen molar-refractivity contribution < 1.29 is 24.4 Å². The van der Waals surface area contributed by atoms with Crippen molar-refractivity contribution in [2.24, 2.45) is 5.92 Å². The number of benzene rings is 1. The molecule has 2 fully saturated rings. The number of nitro groups is 1. The number of ether oxygens (including phenoxy) is 1. The molecule has 1 aliphatic heterocycles. The summed E-state index contributed by atoms with van der Waals surface area (Å²) in [5, 5.41) is 20.1. The number of rotatable bonds is 5. The van der Waals surface area contributed by atoms with E-state index >= 15 is 0 Å². The maximum absolute atomic E-state index is 12.6. The summed E-state index contributed by atoms with van der Waals surface area (Å²) in [5.74, 6) is -0.735. The van der Waals surface area contributed by atoms with Crippen LogP contribution in [0.25, 0.3) is 0 Å². The maximum Gasteiger partial charge on any atom is 0.326 e. The van der Waals surface area contributed by atoms with Crippen LogP contribution in [0.4, 0.5) is 5.69 Å². The lowest BCUT2D eigenvalue weighted by molar-refractivity contribution is -0.384. The second kappa shape index (κ2) is 7.08. The third-order valence-electron chi connectivity index (χ3n) is 5.07. The minimum absolute atomic E-state index is 0.0252. The largest absolute Gasteiger partial charge is 0.484 e. The van der Waals surface area contributed by atoms with Gasteiger partial charge in [-0.2, -0.15) is 0 Å². The molecule has 2 aliphatic rings. The smallest absolute Gasteiger partial charge is 0.326 e. The van der Waals surface area contributed by atoms with Crippen molar-refractivity contribution in [2.75, 3.05) is 6.61 Å². The summed E-state index contributed by atoms with van der Waals surface area (Å²) in [6.07, 6.45) is 4.37. The van der Waals surface area contributed by atoms with Crippen LogP contribution < -0.4 is 4.74 Å². The number of carbonyl (C=O) groups excluding carboxylic acids is 1. The summed E-state index contributed by atoms with van der Waals surface area (Å²) in [7, 11) is 0. The number of hydrogen-bond donors (Lipinski definition) is 1. The summed E-state index contributed by atoms with van der Waals surface area (Å²) < 4.78 is 5.42. The van der Waals surface area contributed by atoms with Gasteiger partial charge in [0.2, 0.25) is 0 Å². The molecular formula is C17H20N2O6. The van der Waals surface area contributed by atoms with Crippen molar-refractivity contribution in [3.8, 4) is 5.75 Å². The van der Waals surface area contributed by atoms with Gasteiger partial charge in [0.1, 0.15) is 11.8 Å². The Morgan fingerprint density at radius 2 is 1.92 bits per heavy atom. The number of nitro benzene ring substituents is 1. The minimum Gasteiger partial charge on any atom is -0.484 e. The average Bonchev–Trinajstić information content (AvgIpc) is 3.00. The number of likely N-dealkylation sites (tertiary alicyclic amines) is 1. The van der Waals surface area contributed by atoms with Crippen LogP contribution in [0.3, 0.4) is 0 Å². The van der Waals surface area contributed by atoms with Crippen molar-refractivity contribution in [3.05, 3.63) is 34.4 Å². The summed E-state index contributed by atoms with van der Waals surface area (Å²) in [6.45, 7) is -0.273. The van der Waals surface area contributed by atoms with E-state index < -0.39 is 16.9 Å². The Bertz CT molecular complexity index is 674. The van der Waals surface area contributed by atoms with E-state index in [9.17, 15) is 24.8 Å². The topological polar surface area (TPSA) is 110 Å². The molecule has 134 valence electrons. The number of amides is 1. The molecule has 1 saturated heterocycles. The predicted octanol–water partition coefficient (Wildman–Crippen LogP) is 2.22. The number of hydrogen-bond acceptors (Lipinski definition) is 5. The van der Waals surface area contributed by atoms with Gasteiger partial charge in [-0.05, 0) is 37.3 Å². The SMILES string of the molecule is O=C(O)C1CC2CCCCC2N1C(=O)COc1ccc([N+](=O)[O-])cc1. The molecule has 1 amide bonds. The van der Waals surface area contributed by atoms with Gasteiger partial charge in [0.15, 0.2) is 6.61 Å². The van der Waals surface area contributed by atoms with E-state index in [2.05, 4.69) is 0 Å². The van der Waals surface area contributed by atoms with Gasteiger partial charge < -0.3 is 14.7 Å². The normalized spacial score (nSPS) is 25.3. The zero-order chi connectivity index (χ0) is 18.0. The first kappa shape index (κ1) is 17.2. The Labute approximate surface area is 144 Å². The van der Waals surface area contributed by atoms with E-state index in [1.165, 1.54) is 29.2 Å². The molecule has 3 unspecified atom stereocenters. The number of non-ortho nitro benzene ring substituents is 1. The zero-order valence-electron chi connectivity index (χ0n) is 13.7. The van der Waals surface area contributed by atoms with Gasteiger partial charge in [-0.25, -0.2) is 4.79 Å². The summed E-state index contributed by atoms with van der Waals surface area (Å²) in [5.41, 5.74) is -0.0609. The Hall–Kier alpha value is -2.64. The summed E-state index contributed by atoms with van der Waals surface area (Å²) in [6, 6.07) is 4.63. The van der Waals surface area contributed by atoms with Crippen molar-refractivity contribution in [2.45, 2.75) is 44.2 Å². The lowest BCUT2D eigenvalue weighted by Crippen LogP contribution is -2.48. The highest BCUT2D eigenvalue weighted by Gasteiger charge is 2.47. The van der Waals surface area contributed by atoms with Crippen LogP contribution in [0.5, 0.6) is 5.75 Å². The average molecular weight is 348 g/mol. The standard InChI is InChI=1S/C17H20N2O6/c20-16(10-25-13-7-5-12(6-8-13)19(23)24)18-14-4-2-1-3-11(14)9-15(18)17(21)22/h5-8,11,14-15H,1-4,9-10H2,(H,21,22). The third kappa shape index (κ3) is 3.57. The van der Waals surface area contributed by atoms with Crippen LogP contribution in [0.15, 0.2) is 24.3 Å². The number of nitrogens with zero attached hydrogens (tertiary/aromatic N) is 2. The minimum atomic E-state index is -0.974. The maximum atomic E-state index is 12.6. The van der Waals surface area contributed by atoms with Crippen LogP contribution in [0.2, 0.25) is 0 Å². The van der Waals surface area contributed by atoms with Crippen molar-refractivity contribution in [1.29, 1.82) is 0 Å². The van der Waals surface area contributed by atoms with Gasteiger partial charge in [-0.1, -0.05) is 12.8 Å². The summed E-state index contributed by atoms with van der Waals surface area (Å²) in [4.78, 5) is 35.7. The number of carbonyl (C=O) groups is 2. The van der Waals surface area contributed by atoms with E-state index in [4.69, 9.17) is 4.74 Å². The molecule has 3 rings (SSSR count). The highest BCUT2D eigenvalue weighted by molar-refractivity contribution is 5.85. The van der Waals surface area contributed by atoms with Crippen LogP contribution in [-0.4, -0.2) is 45.5 Å². The fraction of sp³-hybridized carbons (Fsp3) is 0.529. The molecule has 1 heterocycles. The molecular weight excluding hydrogens is 328 g/mol. The number of carboxylic acids is 1. The second-order valence-corrected chi connectivity index (χ2v) is 6.54.